The monoisotopic (exact) mass is 399 g/mol. The maximum atomic E-state index is 13.9. The number of carbonyl (C=O) groups is 1. The molecule has 0 heterocycles. The number of benzene rings is 1. The van der Waals surface area contributed by atoms with Gasteiger partial charge in [0.05, 0.1) is 0 Å². The second kappa shape index (κ2) is 8.32. The molecule has 0 aromatic heterocycles. The Bertz CT molecular complexity index is 563. The van der Waals surface area contributed by atoms with Crippen LogP contribution in [0.4, 0.5) is 9.18 Å². The van der Waals surface area contributed by atoms with E-state index >= 15 is 0 Å². The number of ether oxygens (including phenoxy) is 1. The molecule has 134 valence electrons. The van der Waals surface area contributed by atoms with Crippen molar-refractivity contribution >= 4 is 22.0 Å². The van der Waals surface area contributed by atoms with Gasteiger partial charge >= 0.3 is 6.09 Å². The molecule has 1 N–H and O–H groups in total. The van der Waals surface area contributed by atoms with Crippen LogP contribution in [0.3, 0.4) is 0 Å². The fraction of sp³-hybridized carbons (Fsp3) is 0.632. The van der Waals surface area contributed by atoms with Crippen molar-refractivity contribution in [3.05, 3.63) is 34.1 Å². The molecule has 1 aromatic rings. The number of hydrogen-bond donors (Lipinski definition) is 1. The summed E-state index contributed by atoms with van der Waals surface area (Å²) in [5, 5.41) is 2.96. The van der Waals surface area contributed by atoms with E-state index in [-0.39, 0.29) is 18.0 Å². The Morgan fingerprint density at radius 1 is 1.29 bits per heavy atom. The largest absolute Gasteiger partial charge is 0.444 e. The summed E-state index contributed by atoms with van der Waals surface area (Å²) in [5.41, 5.74) is 0.322. The lowest BCUT2D eigenvalue weighted by Gasteiger charge is -2.30. The van der Waals surface area contributed by atoms with Crippen LogP contribution >= 0.6 is 15.9 Å². The van der Waals surface area contributed by atoms with Gasteiger partial charge in [0, 0.05) is 10.5 Å². The van der Waals surface area contributed by atoms with Crippen molar-refractivity contribution in [2.45, 2.75) is 70.9 Å². The van der Waals surface area contributed by atoms with E-state index in [9.17, 15) is 9.18 Å². The van der Waals surface area contributed by atoms with Gasteiger partial charge in [-0.25, -0.2) is 9.18 Å². The minimum absolute atomic E-state index is 0.135. The maximum Gasteiger partial charge on any atom is 0.407 e. The summed E-state index contributed by atoms with van der Waals surface area (Å²) in [4.78, 5) is 11.8. The van der Waals surface area contributed by atoms with E-state index in [1.807, 2.05) is 32.9 Å². The topological polar surface area (TPSA) is 38.3 Å². The Hall–Kier alpha value is -1.10. The summed E-state index contributed by atoms with van der Waals surface area (Å²) in [7, 11) is 0. The van der Waals surface area contributed by atoms with Crippen LogP contribution in [0.5, 0.6) is 0 Å². The molecule has 1 saturated carbocycles. The number of carbonyl (C=O) groups excluding carboxylic acids is 1. The van der Waals surface area contributed by atoms with E-state index < -0.39 is 5.60 Å². The highest BCUT2D eigenvalue weighted by molar-refractivity contribution is 9.10. The van der Waals surface area contributed by atoms with Crippen LogP contribution in [0.1, 0.15) is 58.4 Å². The van der Waals surface area contributed by atoms with Gasteiger partial charge in [-0.05, 0) is 82.9 Å². The Morgan fingerprint density at radius 2 is 1.96 bits per heavy atom. The van der Waals surface area contributed by atoms with Gasteiger partial charge in [0.1, 0.15) is 11.4 Å². The lowest BCUT2D eigenvalue weighted by atomic mass is 9.83. The van der Waals surface area contributed by atoms with Crippen molar-refractivity contribution in [1.29, 1.82) is 0 Å². The molecule has 3 nitrogen and oxygen atoms in total. The van der Waals surface area contributed by atoms with Gasteiger partial charge in [-0.3, -0.25) is 0 Å². The molecule has 0 atom stereocenters. The van der Waals surface area contributed by atoms with Crippen LogP contribution in [-0.4, -0.2) is 17.7 Å². The van der Waals surface area contributed by atoms with E-state index in [0.717, 1.165) is 48.6 Å². The number of rotatable bonds is 4. The van der Waals surface area contributed by atoms with Crippen molar-refractivity contribution in [2.75, 3.05) is 0 Å². The molecule has 0 radical (unpaired) electrons. The molecular weight excluding hydrogens is 373 g/mol. The molecule has 0 saturated heterocycles. The van der Waals surface area contributed by atoms with Gasteiger partial charge in [0.2, 0.25) is 0 Å². The Morgan fingerprint density at radius 3 is 2.54 bits per heavy atom. The molecule has 1 fully saturated rings. The Labute approximate surface area is 152 Å². The molecule has 1 aliphatic rings. The molecule has 2 rings (SSSR count). The number of alkyl carbamates (subject to hydrolysis) is 1. The number of aryl methyl sites for hydroxylation is 1. The fourth-order valence-electron chi connectivity index (χ4n) is 3.15. The number of hydrogen-bond acceptors (Lipinski definition) is 2. The van der Waals surface area contributed by atoms with Crippen molar-refractivity contribution < 1.29 is 13.9 Å². The Kier molecular flexibility index (Phi) is 6.67. The van der Waals surface area contributed by atoms with E-state index in [1.165, 1.54) is 6.07 Å². The molecule has 0 spiro atoms. The highest BCUT2D eigenvalue weighted by atomic mass is 79.9. The number of halogens is 2. The average Bonchev–Trinajstić information content (AvgIpc) is 2.46. The molecule has 0 unspecified atom stereocenters. The minimum atomic E-state index is -0.462. The zero-order chi connectivity index (χ0) is 17.7. The van der Waals surface area contributed by atoms with Gasteiger partial charge in [0.15, 0.2) is 0 Å². The maximum absolute atomic E-state index is 13.9. The normalized spacial score (nSPS) is 21.4. The third-order valence-electron chi connectivity index (χ3n) is 4.40. The SMILES string of the molecule is CC(C)(C)OC(=O)NC1CCC(CCc2ccc(Br)cc2F)CC1. The fourth-order valence-corrected chi connectivity index (χ4v) is 3.49. The molecule has 24 heavy (non-hydrogen) atoms. The lowest BCUT2D eigenvalue weighted by molar-refractivity contribution is 0.0487. The first-order valence-corrected chi connectivity index (χ1v) is 9.45. The van der Waals surface area contributed by atoms with Crippen LogP contribution < -0.4 is 5.32 Å². The second-order valence-electron chi connectivity index (χ2n) is 7.64. The first-order chi connectivity index (χ1) is 11.2. The molecule has 1 aliphatic carbocycles. The summed E-state index contributed by atoms with van der Waals surface area (Å²) in [6, 6.07) is 5.46. The second-order valence-corrected chi connectivity index (χ2v) is 8.55. The molecule has 1 amide bonds. The summed E-state index contributed by atoms with van der Waals surface area (Å²) >= 11 is 3.28. The number of amides is 1. The predicted molar refractivity (Wildman–Crippen MR) is 97.5 cm³/mol. The van der Waals surface area contributed by atoms with Gasteiger partial charge in [0.25, 0.3) is 0 Å². The molecular formula is C19H27BrFNO2. The van der Waals surface area contributed by atoms with E-state index in [1.54, 1.807) is 0 Å². The highest BCUT2D eigenvalue weighted by Gasteiger charge is 2.24. The zero-order valence-corrected chi connectivity index (χ0v) is 16.3. The van der Waals surface area contributed by atoms with Gasteiger partial charge in [-0.1, -0.05) is 22.0 Å². The van der Waals surface area contributed by atoms with E-state index in [4.69, 9.17) is 4.74 Å². The van der Waals surface area contributed by atoms with Crippen LogP contribution in [0, 0.1) is 11.7 Å². The molecule has 5 heteroatoms. The lowest BCUT2D eigenvalue weighted by Crippen LogP contribution is -2.40. The zero-order valence-electron chi connectivity index (χ0n) is 14.7. The number of nitrogens with one attached hydrogen (secondary N) is 1. The minimum Gasteiger partial charge on any atom is -0.444 e. The van der Waals surface area contributed by atoms with Crippen molar-refractivity contribution in [3.63, 3.8) is 0 Å². The summed E-state index contributed by atoms with van der Waals surface area (Å²) in [6.45, 7) is 5.60. The third kappa shape index (κ3) is 6.42. The quantitative estimate of drug-likeness (QED) is 0.714. The van der Waals surface area contributed by atoms with Crippen molar-refractivity contribution in [3.8, 4) is 0 Å². The molecule has 0 aliphatic heterocycles. The average molecular weight is 400 g/mol. The third-order valence-corrected chi connectivity index (χ3v) is 4.90. The van der Waals surface area contributed by atoms with E-state index in [2.05, 4.69) is 21.2 Å². The standard InChI is InChI=1S/C19H27BrFNO2/c1-19(2,3)24-18(23)22-16-10-5-13(6-11-16)4-7-14-8-9-15(20)12-17(14)21/h8-9,12-13,16H,4-7,10-11H2,1-3H3,(H,22,23). The van der Waals surface area contributed by atoms with Crippen LogP contribution in [0.2, 0.25) is 0 Å². The van der Waals surface area contributed by atoms with Gasteiger partial charge in [-0.2, -0.15) is 0 Å². The smallest absolute Gasteiger partial charge is 0.407 e. The molecule has 1 aromatic carbocycles. The summed E-state index contributed by atoms with van der Waals surface area (Å²) < 4.78 is 19.9. The summed E-state index contributed by atoms with van der Waals surface area (Å²) in [6.07, 6.45) is 5.50. The van der Waals surface area contributed by atoms with Gasteiger partial charge in [-0.15, -0.1) is 0 Å². The molecule has 0 bridgehead atoms. The van der Waals surface area contributed by atoms with Crippen molar-refractivity contribution in [1.82, 2.24) is 5.32 Å². The Balaban J connectivity index is 1.72. The van der Waals surface area contributed by atoms with Crippen LogP contribution in [0.25, 0.3) is 0 Å². The van der Waals surface area contributed by atoms with Crippen molar-refractivity contribution in [2.24, 2.45) is 5.92 Å². The first kappa shape index (κ1) is 19.2. The van der Waals surface area contributed by atoms with Gasteiger partial charge < -0.3 is 10.1 Å². The van der Waals surface area contributed by atoms with E-state index in [0.29, 0.717) is 5.92 Å². The van der Waals surface area contributed by atoms with Crippen LogP contribution in [-0.2, 0) is 11.2 Å². The highest BCUT2D eigenvalue weighted by Crippen LogP contribution is 2.29. The first-order valence-electron chi connectivity index (χ1n) is 8.66. The summed E-state index contributed by atoms with van der Waals surface area (Å²) in [5.74, 6) is 0.467. The predicted octanol–water partition coefficient (Wildman–Crippen LogP) is 5.60. The van der Waals surface area contributed by atoms with Crippen LogP contribution in [0.15, 0.2) is 22.7 Å².